The number of ketones is 1. The fraction of sp³-hybridized carbons (Fsp3) is 0.316. The Bertz CT molecular complexity index is 687. The van der Waals surface area contributed by atoms with Crippen LogP contribution in [0.4, 0.5) is 0 Å². The Balaban J connectivity index is 2.42. The molecule has 0 aliphatic rings. The number of benzene rings is 2. The van der Waals surface area contributed by atoms with Crippen molar-refractivity contribution in [1.82, 2.24) is 0 Å². The van der Waals surface area contributed by atoms with Gasteiger partial charge in [-0.1, -0.05) is 56.7 Å². The van der Waals surface area contributed by atoms with Gasteiger partial charge < -0.3 is 0 Å². The Labute approximate surface area is 135 Å². The molecule has 0 aromatic heterocycles. The third kappa shape index (κ3) is 3.53. The third-order valence-corrected chi connectivity index (χ3v) is 5.29. The highest BCUT2D eigenvalue weighted by Gasteiger charge is 2.23. The molecular weight excluding hydrogens is 292 g/mol. The minimum Gasteiger partial charge on any atom is -0.299 e. The van der Waals surface area contributed by atoms with Crippen LogP contribution in [-0.2, 0) is 15.6 Å². The standard InChI is InChI=1S/C19H22O2S/c1-13(2)19(20)15(4)17-7-5-6-8-18(17)22(21)16-11-9-14(3)10-12-16/h5-13,15H,1-4H3/t15?,22-/m0/s1. The first-order valence-corrected chi connectivity index (χ1v) is 8.68. The van der Waals surface area contributed by atoms with Gasteiger partial charge in [0.05, 0.1) is 10.8 Å². The highest BCUT2D eigenvalue weighted by molar-refractivity contribution is 7.85. The molecule has 2 aromatic carbocycles. The molecule has 3 heteroatoms. The Morgan fingerprint density at radius 3 is 2.14 bits per heavy atom. The number of rotatable bonds is 5. The van der Waals surface area contributed by atoms with Crippen LogP contribution >= 0.6 is 0 Å². The van der Waals surface area contributed by atoms with E-state index in [0.717, 1.165) is 20.9 Å². The lowest BCUT2D eigenvalue weighted by molar-refractivity contribution is -0.123. The summed E-state index contributed by atoms with van der Waals surface area (Å²) in [5, 5.41) is 0. The summed E-state index contributed by atoms with van der Waals surface area (Å²) in [5.74, 6) is -0.102. The van der Waals surface area contributed by atoms with E-state index in [9.17, 15) is 9.00 Å². The molecule has 0 spiro atoms. The molecule has 2 rings (SSSR count). The van der Waals surface area contributed by atoms with Crippen molar-refractivity contribution in [2.24, 2.45) is 5.92 Å². The summed E-state index contributed by atoms with van der Waals surface area (Å²) in [6.45, 7) is 7.70. The molecule has 0 amide bonds. The fourth-order valence-corrected chi connectivity index (χ4v) is 3.75. The van der Waals surface area contributed by atoms with Gasteiger partial charge in [-0.25, -0.2) is 4.21 Å². The van der Waals surface area contributed by atoms with Crippen LogP contribution < -0.4 is 0 Å². The molecule has 116 valence electrons. The molecule has 0 N–H and O–H groups in total. The first-order chi connectivity index (χ1) is 10.4. The lowest BCUT2D eigenvalue weighted by Gasteiger charge is -2.17. The van der Waals surface area contributed by atoms with Crippen LogP contribution in [0.25, 0.3) is 0 Å². The second-order valence-corrected chi connectivity index (χ2v) is 7.35. The molecule has 0 saturated carbocycles. The Kier molecular flexibility index (Phi) is 5.30. The molecule has 1 unspecified atom stereocenters. The van der Waals surface area contributed by atoms with E-state index in [1.807, 2.05) is 76.2 Å². The van der Waals surface area contributed by atoms with E-state index in [1.165, 1.54) is 0 Å². The maximum atomic E-state index is 12.9. The molecule has 0 aliphatic carbocycles. The van der Waals surface area contributed by atoms with Crippen LogP contribution in [0.3, 0.4) is 0 Å². The summed E-state index contributed by atoms with van der Waals surface area (Å²) < 4.78 is 12.9. The monoisotopic (exact) mass is 314 g/mol. The predicted octanol–water partition coefficient (Wildman–Crippen LogP) is 4.49. The van der Waals surface area contributed by atoms with Gasteiger partial charge in [0, 0.05) is 21.6 Å². The molecule has 2 aromatic rings. The topological polar surface area (TPSA) is 34.1 Å². The van der Waals surface area contributed by atoms with Crippen molar-refractivity contribution in [1.29, 1.82) is 0 Å². The van der Waals surface area contributed by atoms with E-state index in [4.69, 9.17) is 0 Å². The minimum atomic E-state index is -1.27. The number of carbonyl (C=O) groups is 1. The van der Waals surface area contributed by atoms with Crippen molar-refractivity contribution in [2.75, 3.05) is 0 Å². The first-order valence-electron chi connectivity index (χ1n) is 7.53. The number of carbonyl (C=O) groups excluding carboxylic acids is 1. The second-order valence-electron chi connectivity index (χ2n) is 5.90. The molecule has 0 heterocycles. The van der Waals surface area contributed by atoms with E-state index in [0.29, 0.717) is 0 Å². The van der Waals surface area contributed by atoms with Crippen molar-refractivity contribution in [3.63, 3.8) is 0 Å². The van der Waals surface area contributed by atoms with Crippen molar-refractivity contribution < 1.29 is 9.00 Å². The van der Waals surface area contributed by atoms with Gasteiger partial charge in [-0.2, -0.15) is 0 Å². The summed E-state index contributed by atoms with van der Waals surface area (Å²) >= 11 is 0. The summed E-state index contributed by atoms with van der Waals surface area (Å²) in [6, 6.07) is 15.2. The number of hydrogen-bond donors (Lipinski definition) is 0. The van der Waals surface area contributed by atoms with Gasteiger partial charge in [-0.05, 0) is 30.7 Å². The quantitative estimate of drug-likeness (QED) is 0.815. The average molecular weight is 314 g/mol. The van der Waals surface area contributed by atoms with Gasteiger partial charge in [0.1, 0.15) is 5.78 Å². The van der Waals surface area contributed by atoms with E-state index >= 15 is 0 Å². The fourth-order valence-electron chi connectivity index (χ4n) is 2.45. The van der Waals surface area contributed by atoms with Crippen LogP contribution in [0, 0.1) is 12.8 Å². The van der Waals surface area contributed by atoms with E-state index < -0.39 is 10.8 Å². The van der Waals surface area contributed by atoms with Gasteiger partial charge in [-0.15, -0.1) is 0 Å². The molecule has 22 heavy (non-hydrogen) atoms. The van der Waals surface area contributed by atoms with Crippen LogP contribution in [0.2, 0.25) is 0 Å². The Morgan fingerprint density at radius 1 is 0.955 bits per heavy atom. The molecule has 0 aliphatic heterocycles. The summed E-state index contributed by atoms with van der Waals surface area (Å²) in [7, 11) is -1.27. The summed E-state index contributed by atoms with van der Waals surface area (Å²) in [5.41, 5.74) is 2.00. The highest BCUT2D eigenvalue weighted by Crippen LogP contribution is 2.28. The van der Waals surface area contributed by atoms with Gasteiger partial charge in [0.2, 0.25) is 0 Å². The molecule has 0 radical (unpaired) electrons. The zero-order chi connectivity index (χ0) is 16.3. The van der Waals surface area contributed by atoms with E-state index in [1.54, 1.807) is 0 Å². The van der Waals surface area contributed by atoms with Crippen LogP contribution in [0.1, 0.15) is 37.8 Å². The van der Waals surface area contributed by atoms with Crippen LogP contribution in [-0.4, -0.2) is 9.99 Å². The normalized spacial score (nSPS) is 13.9. The van der Waals surface area contributed by atoms with Gasteiger partial charge in [-0.3, -0.25) is 4.79 Å². The van der Waals surface area contributed by atoms with Gasteiger partial charge in [0.15, 0.2) is 0 Å². The molecule has 2 nitrogen and oxygen atoms in total. The van der Waals surface area contributed by atoms with Crippen molar-refractivity contribution in [3.05, 3.63) is 59.7 Å². The molecule has 0 bridgehead atoms. The zero-order valence-corrected chi connectivity index (χ0v) is 14.3. The molecular formula is C19H22O2S. The van der Waals surface area contributed by atoms with Crippen LogP contribution in [0.5, 0.6) is 0 Å². The predicted molar refractivity (Wildman–Crippen MR) is 90.6 cm³/mol. The second kappa shape index (κ2) is 7.01. The Hall–Kier alpha value is -1.74. The maximum Gasteiger partial charge on any atom is 0.142 e. The van der Waals surface area contributed by atoms with E-state index in [2.05, 4.69) is 0 Å². The van der Waals surface area contributed by atoms with Gasteiger partial charge in [0.25, 0.3) is 0 Å². The molecule has 0 saturated heterocycles. The Morgan fingerprint density at radius 2 is 1.55 bits per heavy atom. The molecule has 2 atom stereocenters. The van der Waals surface area contributed by atoms with Crippen molar-refractivity contribution in [3.8, 4) is 0 Å². The number of hydrogen-bond acceptors (Lipinski definition) is 2. The SMILES string of the molecule is Cc1ccc([S@](=O)c2ccccc2C(C)C(=O)C(C)C)cc1. The smallest absolute Gasteiger partial charge is 0.142 e. The average Bonchev–Trinajstić information content (AvgIpc) is 2.53. The number of aryl methyl sites for hydroxylation is 1. The van der Waals surface area contributed by atoms with Gasteiger partial charge >= 0.3 is 0 Å². The summed E-state index contributed by atoms with van der Waals surface area (Å²) in [6.07, 6.45) is 0. The van der Waals surface area contributed by atoms with Crippen molar-refractivity contribution >= 4 is 16.6 Å². The lowest BCUT2D eigenvalue weighted by atomic mass is 9.90. The third-order valence-electron chi connectivity index (χ3n) is 3.82. The highest BCUT2D eigenvalue weighted by atomic mass is 32.2. The lowest BCUT2D eigenvalue weighted by Crippen LogP contribution is -2.17. The largest absolute Gasteiger partial charge is 0.299 e. The minimum absolute atomic E-state index is 0.0316. The maximum absolute atomic E-state index is 12.9. The van der Waals surface area contributed by atoms with E-state index in [-0.39, 0.29) is 17.6 Å². The zero-order valence-electron chi connectivity index (χ0n) is 13.5. The van der Waals surface area contributed by atoms with Crippen LogP contribution in [0.15, 0.2) is 58.3 Å². The number of Topliss-reactive ketones (excluding diaryl/α,β-unsaturated/α-hetero) is 1. The summed E-state index contributed by atoms with van der Waals surface area (Å²) in [4.78, 5) is 13.8. The molecule has 0 fully saturated rings. The first kappa shape index (κ1) is 16.6. The van der Waals surface area contributed by atoms with Crippen molar-refractivity contribution in [2.45, 2.75) is 43.4 Å².